The van der Waals surface area contributed by atoms with E-state index in [1.165, 1.54) is 0 Å². The number of hydrogen-bond donors (Lipinski definition) is 7. The zero-order chi connectivity index (χ0) is 35.0. The summed E-state index contributed by atoms with van der Waals surface area (Å²) in [6.07, 6.45) is -5.37. The second kappa shape index (κ2) is 13.1. The van der Waals surface area contributed by atoms with E-state index in [4.69, 9.17) is 23.7 Å². The molecule has 0 amide bonds. The van der Waals surface area contributed by atoms with Gasteiger partial charge < -0.3 is 64.2 Å². The molecule has 0 spiro atoms. The van der Waals surface area contributed by atoms with Gasteiger partial charge in [-0.15, -0.1) is 0 Å². The molecule has 14 nitrogen and oxygen atoms in total. The summed E-state index contributed by atoms with van der Waals surface area (Å²) in [6.45, 7) is 3.39. The molecule has 4 saturated carbocycles. The van der Waals surface area contributed by atoms with Gasteiger partial charge in [0.05, 0.1) is 24.4 Å². The van der Waals surface area contributed by atoms with Gasteiger partial charge in [0.15, 0.2) is 12.6 Å². The first-order valence-electron chi connectivity index (χ1n) is 18.0. The van der Waals surface area contributed by atoms with Gasteiger partial charge in [-0.1, -0.05) is 6.92 Å². The van der Waals surface area contributed by atoms with E-state index in [0.717, 1.165) is 44.0 Å². The molecule has 0 unspecified atom stereocenters. The van der Waals surface area contributed by atoms with E-state index in [1.54, 1.807) is 13.0 Å². The Morgan fingerprint density at radius 3 is 2.31 bits per heavy atom. The molecule has 7 rings (SSSR count). The fraction of sp³-hybridized carbons (Fsp3) is 0.886. The standard InChI is InChI=1S/C35H52O14/c1-16-30(49-32-28(42)26(40)25(39)23(13-36)48-32)27(41)29(43)31(46-16)47-19-5-9-34(15-37)18(12-19)3-4-22-21(34)6-8-33(2)20(7-10-35(22,33)44)17-11-24(38)45-14-17/h11,15-16,18-23,25-32,36,39-44H,3-10,12-14H2,1-2H3/t16-,18+,19-,20+,21-,22+,23+,25+,26-,27-,28+,29+,30-,31-,32-,33+,34+,35-/m0/s1. The number of rotatable bonds is 7. The van der Waals surface area contributed by atoms with E-state index in [1.807, 2.05) is 0 Å². The Kier molecular flexibility index (Phi) is 9.60. The van der Waals surface area contributed by atoms with Crippen molar-refractivity contribution in [3.63, 3.8) is 0 Å². The van der Waals surface area contributed by atoms with Crippen LogP contribution in [0.4, 0.5) is 0 Å². The van der Waals surface area contributed by atoms with Crippen LogP contribution in [0, 0.1) is 34.5 Å². The second-order valence-electron chi connectivity index (χ2n) is 16.0. The van der Waals surface area contributed by atoms with Gasteiger partial charge in [0.2, 0.25) is 0 Å². The molecule has 0 bridgehead atoms. The summed E-state index contributed by atoms with van der Waals surface area (Å²) in [5.41, 5.74) is -0.979. The fourth-order valence-electron chi connectivity index (χ4n) is 11.2. The zero-order valence-corrected chi connectivity index (χ0v) is 28.1. The number of carbonyl (C=O) groups is 2. The van der Waals surface area contributed by atoms with E-state index in [0.29, 0.717) is 25.7 Å². The molecule has 4 aliphatic carbocycles. The summed E-state index contributed by atoms with van der Waals surface area (Å²) < 4.78 is 28.6. The highest BCUT2D eigenvalue weighted by Crippen LogP contribution is 2.69. The Hall–Kier alpha value is -1.56. The first-order chi connectivity index (χ1) is 23.3. The van der Waals surface area contributed by atoms with Crippen LogP contribution in [0.2, 0.25) is 0 Å². The number of esters is 1. The van der Waals surface area contributed by atoms with Gasteiger partial charge in [0, 0.05) is 16.9 Å². The van der Waals surface area contributed by atoms with Gasteiger partial charge in [0.25, 0.3) is 0 Å². The number of fused-ring (bicyclic) bond motifs is 5. The molecule has 0 aromatic heterocycles. The SMILES string of the molecule is C[C@@H]1O[C@@H](O[C@H]2CC[C@@]3(C=O)[C@H](CC[C@@H]4[C@@H]3CC[C@]3(C)[C@@H](C5=CC(=O)OC5)CC[C@]43O)C2)[C@H](O)[C@H](O)[C@H]1O[C@@H]1O[C@H](CO)[C@@H](O)[C@H](O)[C@H]1O. The van der Waals surface area contributed by atoms with Gasteiger partial charge in [-0.3, -0.25) is 0 Å². The summed E-state index contributed by atoms with van der Waals surface area (Å²) in [5, 5.41) is 74.7. The minimum absolute atomic E-state index is 0.0177. The zero-order valence-electron chi connectivity index (χ0n) is 28.1. The van der Waals surface area contributed by atoms with Crippen LogP contribution in [0.3, 0.4) is 0 Å². The normalized spacial score (nSPS) is 54.3. The van der Waals surface area contributed by atoms with Crippen LogP contribution in [0.1, 0.15) is 71.6 Å². The minimum Gasteiger partial charge on any atom is -0.458 e. The van der Waals surface area contributed by atoms with Crippen molar-refractivity contribution < 1.29 is 69.0 Å². The van der Waals surface area contributed by atoms with Crippen LogP contribution in [-0.2, 0) is 33.3 Å². The number of aliphatic hydroxyl groups is 7. The lowest BCUT2D eigenvalue weighted by molar-refractivity contribution is -0.360. The van der Waals surface area contributed by atoms with E-state index in [2.05, 4.69) is 6.92 Å². The Bertz CT molecular complexity index is 1290. The Labute approximate surface area is 285 Å². The fourth-order valence-corrected chi connectivity index (χ4v) is 11.2. The first kappa shape index (κ1) is 35.8. The van der Waals surface area contributed by atoms with Gasteiger partial charge in [-0.05, 0) is 94.0 Å². The third kappa shape index (κ3) is 5.56. The molecule has 0 aromatic carbocycles. The van der Waals surface area contributed by atoms with E-state index >= 15 is 0 Å². The highest BCUT2D eigenvalue weighted by Gasteiger charge is 2.68. The molecule has 49 heavy (non-hydrogen) atoms. The summed E-state index contributed by atoms with van der Waals surface area (Å²) >= 11 is 0. The topological polar surface area (TPSA) is 222 Å². The summed E-state index contributed by atoms with van der Waals surface area (Å²) in [7, 11) is 0. The van der Waals surface area contributed by atoms with E-state index < -0.39 is 84.4 Å². The van der Waals surface area contributed by atoms with Gasteiger partial charge in [-0.25, -0.2) is 4.79 Å². The van der Waals surface area contributed by atoms with E-state index in [-0.39, 0.29) is 42.4 Å². The molecule has 7 aliphatic rings. The lowest BCUT2D eigenvalue weighted by Crippen LogP contribution is -2.64. The average Bonchev–Trinajstić information content (AvgIpc) is 3.64. The van der Waals surface area contributed by atoms with Crippen molar-refractivity contribution in [2.75, 3.05) is 13.2 Å². The van der Waals surface area contributed by atoms with Crippen molar-refractivity contribution in [1.29, 1.82) is 0 Å². The quantitative estimate of drug-likeness (QED) is 0.101. The maximum Gasteiger partial charge on any atom is 0.331 e. The predicted molar refractivity (Wildman–Crippen MR) is 166 cm³/mol. The number of carbonyl (C=O) groups excluding carboxylic acids is 2. The van der Waals surface area contributed by atoms with Gasteiger partial charge >= 0.3 is 5.97 Å². The van der Waals surface area contributed by atoms with Crippen LogP contribution in [0.5, 0.6) is 0 Å². The van der Waals surface area contributed by atoms with Crippen molar-refractivity contribution in [1.82, 2.24) is 0 Å². The number of aldehydes is 1. The van der Waals surface area contributed by atoms with Gasteiger partial charge in [0.1, 0.15) is 55.6 Å². The molecular weight excluding hydrogens is 644 g/mol. The van der Waals surface area contributed by atoms with Crippen molar-refractivity contribution in [3.05, 3.63) is 11.6 Å². The monoisotopic (exact) mass is 696 g/mol. The molecule has 0 radical (unpaired) electrons. The maximum absolute atomic E-state index is 13.1. The smallest absolute Gasteiger partial charge is 0.331 e. The van der Waals surface area contributed by atoms with Gasteiger partial charge in [-0.2, -0.15) is 0 Å². The summed E-state index contributed by atoms with van der Waals surface area (Å²) in [6, 6.07) is 0. The lowest BCUT2D eigenvalue weighted by Gasteiger charge is -2.63. The van der Waals surface area contributed by atoms with Crippen molar-refractivity contribution >= 4 is 12.3 Å². The first-order valence-corrected chi connectivity index (χ1v) is 18.0. The Balaban J connectivity index is 0.997. The molecule has 6 fully saturated rings. The molecule has 3 heterocycles. The van der Waals surface area contributed by atoms with Crippen LogP contribution >= 0.6 is 0 Å². The van der Waals surface area contributed by atoms with Crippen molar-refractivity contribution in [3.8, 4) is 0 Å². The molecule has 3 aliphatic heterocycles. The largest absolute Gasteiger partial charge is 0.458 e. The highest BCUT2D eigenvalue weighted by molar-refractivity contribution is 5.85. The number of aliphatic hydroxyl groups excluding tert-OH is 6. The summed E-state index contributed by atoms with van der Waals surface area (Å²) in [4.78, 5) is 25.0. The molecule has 0 aromatic rings. The third-order valence-corrected chi connectivity index (χ3v) is 14.0. The second-order valence-corrected chi connectivity index (χ2v) is 16.0. The van der Waals surface area contributed by atoms with Crippen LogP contribution < -0.4 is 0 Å². The molecule has 276 valence electrons. The maximum atomic E-state index is 13.1. The Morgan fingerprint density at radius 1 is 0.878 bits per heavy atom. The predicted octanol–water partition coefficient (Wildman–Crippen LogP) is -0.541. The summed E-state index contributed by atoms with van der Waals surface area (Å²) in [5.74, 6) is -0.243. The average molecular weight is 697 g/mol. The van der Waals surface area contributed by atoms with Crippen LogP contribution in [0.15, 0.2) is 11.6 Å². The van der Waals surface area contributed by atoms with Crippen molar-refractivity contribution in [2.24, 2.45) is 34.5 Å². The Morgan fingerprint density at radius 2 is 1.61 bits per heavy atom. The van der Waals surface area contributed by atoms with Crippen LogP contribution in [0.25, 0.3) is 0 Å². The highest BCUT2D eigenvalue weighted by atomic mass is 16.7. The molecular formula is C35H52O14. The number of hydrogen-bond acceptors (Lipinski definition) is 14. The minimum atomic E-state index is -1.68. The van der Waals surface area contributed by atoms with E-state index in [9.17, 15) is 45.3 Å². The molecule has 18 atom stereocenters. The molecule has 7 N–H and O–H groups in total. The molecule has 2 saturated heterocycles. The third-order valence-electron chi connectivity index (χ3n) is 14.0. The number of ether oxygens (including phenoxy) is 5. The van der Waals surface area contributed by atoms with Crippen LogP contribution in [-0.4, -0.2) is 134 Å². The molecule has 14 heteroatoms. The van der Waals surface area contributed by atoms with Crippen molar-refractivity contribution in [2.45, 2.75) is 145 Å². The lowest BCUT2D eigenvalue weighted by atomic mass is 9.43. The number of cyclic esters (lactones) is 1.